The van der Waals surface area contributed by atoms with Gasteiger partial charge in [0, 0.05) is 9.35 Å². The highest BCUT2D eigenvalue weighted by Gasteiger charge is 2.18. The van der Waals surface area contributed by atoms with Crippen LogP contribution in [0.4, 0.5) is 0 Å². The van der Waals surface area contributed by atoms with Crippen molar-refractivity contribution in [2.75, 3.05) is 0 Å². The van der Waals surface area contributed by atoms with Gasteiger partial charge in [-0.05, 0) is 48.8 Å². The van der Waals surface area contributed by atoms with Gasteiger partial charge in [-0.15, -0.1) is 11.3 Å². The van der Waals surface area contributed by atoms with E-state index in [0.29, 0.717) is 15.1 Å². The summed E-state index contributed by atoms with van der Waals surface area (Å²) in [6, 6.07) is 5.21. The van der Waals surface area contributed by atoms with Gasteiger partial charge in [0.15, 0.2) is 0 Å². The van der Waals surface area contributed by atoms with Gasteiger partial charge in [-0.2, -0.15) is 0 Å². The summed E-state index contributed by atoms with van der Waals surface area (Å²) >= 11 is 11.1. The number of carbonyl (C=O) groups excluding carboxylic acids is 1. The number of carbonyl (C=O) groups is 1. The summed E-state index contributed by atoms with van der Waals surface area (Å²) in [4.78, 5) is 17.7. The highest BCUT2D eigenvalue weighted by molar-refractivity contribution is 9.10. The fourth-order valence-electron chi connectivity index (χ4n) is 1.97. The molecule has 1 atom stereocenters. The van der Waals surface area contributed by atoms with Crippen LogP contribution in [-0.4, -0.2) is 10.9 Å². The van der Waals surface area contributed by atoms with Gasteiger partial charge in [-0.25, -0.2) is 4.98 Å². The van der Waals surface area contributed by atoms with E-state index in [4.69, 9.17) is 11.6 Å². The molecule has 0 spiro atoms. The normalized spacial score (nSPS) is 12.2. The third-order valence-corrected chi connectivity index (χ3v) is 5.43. The molecule has 20 heavy (non-hydrogen) atoms. The largest absolute Gasteiger partial charge is 0.345 e. The number of halogens is 2. The van der Waals surface area contributed by atoms with Crippen molar-refractivity contribution < 1.29 is 4.79 Å². The van der Waals surface area contributed by atoms with Crippen LogP contribution in [0.25, 0.3) is 0 Å². The zero-order chi connectivity index (χ0) is 14.9. The van der Waals surface area contributed by atoms with Crippen molar-refractivity contribution in [3.05, 3.63) is 48.8 Å². The molecule has 0 saturated carbocycles. The predicted octanol–water partition coefficient (Wildman–Crippen LogP) is 4.67. The van der Waals surface area contributed by atoms with E-state index in [-0.39, 0.29) is 11.9 Å². The maximum absolute atomic E-state index is 12.3. The van der Waals surface area contributed by atoms with Gasteiger partial charge < -0.3 is 5.32 Å². The maximum Gasteiger partial charge on any atom is 0.253 e. The van der Waals surface area contributed by atoms with Gasteiger partial charge in [0.05, 0.1) is 27.3 Å². The summed E-state index contributed by atoms with van der Waals surface area (Å²) in [6.45, 7) is 5.86. The van der Waals surface area contributed by atoms with E-state index < -0.39 is 0 Å². The molecule has 106 valence electrons. The minimum atomic E-state index is -0.186. The van der Waals surface area contributed by atoms with Crippen molar-refractivity contribution in [1.82, 2.24) is 10.3 Å². The number of nitrogens with one attached hydrogen (secondary N) is 1. The molecule has 0 aliphatic heterocycles. The highest BCUT2D eigenvalue weighted by atomic mass is 79.9. The number of aromatic nitrogens is 1. The number of nitrogens with zero attached hydrogens (tertiary/aromatic N) is 1. The molecule has 0 aliphatic rings. The van der Waals surface area contributed by atoms with E-state index in [1.54, 1.807) is 29.5 Å². The van der Waals surface area contributed by atoms with Crippen LogP contribution in [0.2, 0.25) is 5.02 Å². The van der Waals surface area contributed by atoms with Crippen LogP contribution in [0.15, 0.2) is 22.7 Å². The summed E-state index contributed by atoms with van der Waals surface area (Å²) < 4.78 is 0.712. The van der Waals surface area contributed by atoms with Crippen molar-refractivity contribution in [2.24, 2.45) is 0 Å². The predicted molar refractivity (Wildman–Crippen MR) is 86.6 cm³/mol. The zero-order valence-electron chi connectivity index (χ0n) is 11.3. The Bertz CT molecular complexity index is 657. The Morgan fingerprint density at radius 2 is 2.15 bits per heavy atom. The first-order chi connectivity index (χ1) is 9.40. The Balaban J connectivity index is 2.19. The first-order valence-corrected chi connectivity index (χ1v) is 8.07. The number of hydrogen-bond donors (Lipinski definition) is 1. The minimum Gasteiger partial charge on any atom is -0.345 e. The highest BCUT2D eigenvalue weighted by Crippen LogP contribution is 2.28. The van der Waals surface area contributed by atoms with Crippen LogP contribution in [0.3, 0.4) is 0 Å². The monoisotopic (exact) mass is 372 g/mol. The van der Waals surface area contributed by atoms with Gasteiger partial charge in [0.25, 0.3) is 5.91 Å². The van der Waals surface area contributed by atoms with Gasteiger partial charge in [-0.3, -0.25) is 4.79 Å². The number of amides is 1. The lowest BCUT2D eigenvalue weighted by atomic mass is 10.2. The number of hydrogen-bond acceptors (Lipinski definition) is 3. The second-order valence-corrected chi connectivity index (χ2v) is 6.95. The molecular formula is C14H14BrClN2OS. The molecule has 0 fully saturated rings. The molecule has 1 unspecified atom stereocenters. The molecule has 1 aromatic heterocycles. The van der Waals surface area contributed by atoms with Crippen molar-refractivity contribution in [2.45, 2.75) is 26.8 Å². The number of benzene rings is 1. The molecule has 0 bridgehead atoms. The molecule has 6 heteroatoms. The Labute approximate surface area is 135 Å². The van der Waals surface area contributed by atoms with Crippen LogP contribution in [0, 0.1) is 13.8 Å². The van der Waals surface area contributed by atoms with Crippen molar-refractivity contribution in [3.8, 4) is 0 Å². The Morgan fingerprint density at radius 3 is 2.75 bits per heavy atom. The average Bonchev–Trinajstić information content (AvgIpc) is 2.71. The number of rotatable bonds is 3. The van der Waals surface area contributed by atoms with Gasteiger partial charge in [0.1, 0.15) is 0 Å². The topological polar surface area (TPSA) is 42.0 Å². The van der Waals surface area contributed by atoms with Crippen LogP contribution in [0.1, 0.15) is 38.9 Å². The van der Waals surface area contributed by atoms with E-state index in [9.17, 15) is 4.79 Å². The summed E-state index contributed by atoms with van der Waals surface area (Å²) in [6.07, 6.45) is 0. The van der Waals surface area contributed by atoms with Crippen LogP contribution in [0.5, 0.6) is 0 Å². The molecule has 1 aromatic carbocycles. The standard InChI is InChI=1S/C14H14BrClN2OS/c1-7-13(20-9(3)17-7)8(2)18-14(19)10-5-4-6-11(15)12(10)16/h4-6,8H,1-3H3,(H,18,19). The molecule has 3 nitrogen and oxygen atoms in total. The molecule has 1 amide bonds. The summed E-state index contributed by atoms with van der Waals surface area (Å²) in [5, 5.41) is 4.39. The van der Waals surface area contributed by atoms with Crippen molar-refractivity contribution in [3.63, 3.8) is 0 Å². The lowest BCUT2D eigenvalue weighted by molar-refractivity contribution is 0.0940. The lowest BCUT2D eigenvalue weighted by Gasteiger charge is -2.14. The fourth-order valence-corrected chi connectivity index (χ4v) is 3.48. The van der Waals surface area contributed by atoms with Crippen molar-refractivity contribution >= 4 is 44.8 Å². The molecule has 1 N–H and O–H groups in total. The van der Waals surface area contributed by atoms with E-state index in [1.807, 2.05) is 20.8 Å². The second kappa shape index (κ2) is 6.24. The molecule has 2 aromatic rings. The van der Waals surface area contributed by atoms with Gasteiger partial charge in [0.2, 0.25) is 0 Å². The van der Waals surface area contributed by atoms with Crippen LogP contribution >= 0.6 is 38.9 Å². The summed E-state index contributed by atoms with van der Waals surface area (Å²) in [5.41, 5.74) is 1.42. The molecule has 0 radical (unpaired) electrons. The Morgan fingerprint density at radius 1 is 1.45 bits per heavy atom. The smallest absolute Gasteiger partial charge is 0.253 e. The SMILES string of the molecule is Cc1nc(C)c(C(C)NC(=O)c2cccc(Br)c2Cl)s1. The second-order valence-electron chi connectivity index (χ2n) is 4.48. The lowest BCUT2D eigenvalue weighted by Crippen LogP contribution is -2.26. The van der Waals surface area contributed by atoms with Crippen molar-refractivity contribution in [1.29, 1.82) is 0 Å². The quantitative estimate of drug-likeness (QED) is 0.849. The molecule has 0 saturated heterocycles. The first-order valence-electron chi connectivity index (χ1n) is 6.09. The summed E-state index contributed by atoms with van der Waals surface area (Å²) in [5.74, 6) is -0.186. The average molecular weight is 374 g/mol. The number of aryl methyl sites for hydroxylation is 2. The summed E-state index contributed by atoms with van der Waals surface area (Å²) in [7, 11) is 0. The molecular weight excluding hydrogens is 360 g/mol. The van der Waals surface area contributed by atoms with Gasteiger partial charge >= 0.3 is 0 Å². The molecule has 0 aliphatic carbocycles. The molecule has 2 rings (SSSR count). The Hall–Kier alpha value is -0.910. The van der Waals surface area contributed by atoms with Gasteiger partial charge in [-0.1, -0.05) is 17.7 Å². The Kier molecular flexibility index (Phi) is 4.83. The van der Waals surface area contributed by atoms with Crippen LogP contribution in [-0.2, 0) is 0 Å². The fraction of sp³-hybridized carbons (Fsp3) is 0.286. The van der Waals surface area contributed by atoms with E-state index in [2.05, 4.69) is 26.2 Å². The zero-order valence-corrected chi connectivity index (χ0v) is 14.5. The minimum absolute atomic E-state index is 0.0938. The number of thiazole rings is 1. The first kappa shape index (κ1) is 15.5. The van der Waals surface area contributed by atoms with E-state index in [0.717, 1.165) is 15.6 Å². The van der Waals surface area contributed by atoms with Crippen LogP contribution < -0.4 is 5.32 Å². The third kappa shape index (κ3) is 3.22. The van der Waals surface area contributed by atoms with E-state index in [1.165, 1.54) is 0 Å². The molecule has 1 heterocycles. The van der Waals surface area contributed by atoms with E-state index >= 15 is 0 Å². The maximum atomic E-state index is 12.3. The third-order valence-electron chi connectivity index (χ3n) is 2.88.